The molecule has 5 rings (SSSR count). The average molecular weight is 386 g/mol. The van der Waals surface area contributed by atoms with Crippen molar-refractivity contribution in [3.8, 4) is 0 Å². The van der Waals surface area contributed by atoms with Crippen molar-refractivity contribution in [2.45, 2.75) is 38.8 Å². The fourth-order valence-corrected chi connectivity index (χ4v) is 5.35. The average Bonchev–Trinajstić information content (AvgIpc) is 3.14. The third-order valence-corrected chi connectivity index (χ3v) is 6.66. The molecule has 0 bridgehead atoms. The van der Waals surface area contributed by atoms with Gasteiger partial charge in [0.1, 0.15) is 17.0 Å². The van der Waals surface area contributed by atoms with Crippen LogP contribution in [0.2, 0.25) is 0 Å². The van der Waals surface area contributed by atoms with Crippen molar-refractivity contribution in [2.24, 2.45) is 0 Å². The topological polar surface area (TPSA) is 29.0 Å². The lowest BCUT2D eigenvalue weighted by molar-refractivity contribution is 0.699. The molecule has 1 aliphatic rings. The minimum atomic E-state index is 0.840. The van der Waals surface area contributed by atoms with E-state index >= 15 is 0 Å². The summed E-state index contributed by atoms with van der Waals surface area (Å²) in [6, 6.07) is 21.4. The molecule has 0 radical (unpaired) electrons. The van der Waals surface area contributed by atoms with Crippen LogP contribution >= 0.6 is 11.3 Å². The molecule has 0 aliphatic heterocycles. The second-order valence-electron chi connectivity index (χ2n) is 7.42. The number of aryl methyl sites for hydroxylation is 2. The molecular weight excluding hydrogens is 362 g/mol. The van der Waals surface area contributed by atoms with Crippen molar-refractivity contribution in [3.05, 3.63) is 88.6 Å². The first-order valence-corrected chi connectivity index (χ1v) is 10.8. The van der Waals surface area contributed by atoms with Gasteiger partial charge in [-0.05, 0) is 42.4 Å². The van der Waals surface area contributed by atoms with E-state index in [0.29, 0.717) is 0 Å². The van der Waals surface area contributed by atoms with Gasteiger partial charge in [0.05, 0.1) is 5.39 Å². The minimum absolute atomic E-state index is 0.840. The van der Waals surface area contributed by atoms with Crippen LogP contribution in [0.5, 0.6) is 0 Å². The van der Waals surface area contributed by atoms with Gasteiger partial charge in [0.25, 0.3) is 0 Å². The normalized spacial score (nSPS) is 13.4. The molecule has 2 aromatic carbocycles. The minimum Gasteiger partial charge on any atom is -0.347 e. The highest BCUT2D eigenvalue weighted by molar-refractivity contribution is 7.19. The number of thiophene rings is 1. The summed E-state index contributed by atoms with van der Waals surface area (Å²) in [5.74, 6) is 1.08. The summed E-state index contributed by atoms with van der Waals surface area (Å²) in [7, 11) is 0. The Labute approximate surface area is 169 Å². The SMILES string of the molecule is c1ccc(CN(Cc2ccccc2)c2ncnc3sc4c(c23)CCCC4)cc1. The van der Waals surface area contributed by atoms with Crippen LogP contribution in [0.4, 0.5) is 5.82 Å². The van der Waals surface area contributed by atoms with Crippen molar-refractivity contribution in [1.29, 1.82) is 0 Å². The third kappa shape index (κ3) is 3.40. The Morgan fingerprint density at radius 3 is 2.11 bits per heavy atom. The number of nitrogens with zero attached hydrogens (tertiary/aromatic N) is 3. The van der Waals surface area contributed by atoms with Crippen LogP contribution in [0.15, 0.2) is 67.0 Å². The molecule has 0 spiro atoms. The zero-order valence-electron chi connectivity index (χ0n) is 15.8. The fourth-order valence-electron chi connectivity index (χ4n) is 4.13. The molecule has 0 fully saturated rings. The first-order valence-electron chi connectivity index (χ1n) is 9.96. The molecule has 0 amide bonds. The fraction of sp³-hybridized carbons (Fsp3) is 0.250. The number of anilines is 1. The Morgan fingerprint density at radius 1 is 0.786 bits per heavy atom. The van der Waals surface area contributed by atoms with Crippen LogP contribution in [0.25, 0.3) is 10.2 Å². The van der Waals surface area contributed by atoms with Gasteiger partial charge in [0.2, 0.25) is 0 Å². The second-order valence-corrected chi connectivity index (χ2v) is 8.50. The second kappa shape index (κ2) is 7.72. The summed E-state index contributed by atoms with van der Waals surface area (Å²) in [6.45, 7) is 1.68. The summed E-state index contributed by atoms with van der Waals surface area (Å²) in [6.07, 6.45) is 6.64. The van der Waals surface area contributed by atoms with Gasteiger partial charge in [-0.15, -0.1) is 11.3 Å². The molecule has 28 heavy (non-hydrogen) atoms. The maximum absolute atomic E-state index is 4.80. The summed E-state index contributed by atoms with van der Waals surface area (Å²) in [4.78, 5) is 14.5. The van der Waals surface area contributed by atoms with Crippen LogP contribution in [0.1, 0.15) is 34.4 Å². The highest BCUT2D eigenvalue weighted by Gasteiger charge is 2.22. The molecule has 1 aliphatic carbocycles. The van der Waals surface area contributed by atoms with E-state index in [-0.39, 0.29) is 0 Å². The standard InChI is InChI=1S/C24H23N3S/c1-3-9-18(10-4-1)15-27(16-19-11-5-2-6-12-19)23-22-20-13-7-8-14-21(20)28-24(22)26-17-25-23/h1-6,9-12,17H,7-8,13-16H2. The molecule has 2 heterocycles. The first-order chi connectivity index (χ1) is 13.9. The number of hydrogen-bond acceptors (Lipinski definition) is 4. The quantitative estimate of drug-likeness (QED) is 0.436. The number of aromatic nitrogens is 2. The molecule has 4 heteroatoms. The van der Waals surface area contributed by atoms with Crippen molar-refractivity contribution in [1.82, 2.24) is 9.97 Å². The Hall–Kier alpha value is -2.72. The molecule has 140 valence electrons. The Morgan fingerprint density at radius 2 is 1.43 bits per heavy atom. The highest BCUT2D eigenvalue weighted by atomic mass is 32.1. The maximum Gasteiger partial charge on any atom is 0.141 e. The van der Waals surface area contributed by atoms with Crippen molar-refractivity contribution >= 4 is 27.4 Å². The van der Waals surface area contributed by atoms with Gasteiger partial charge < -0.3 is 4.90 Å². The van der Waals surface area contributed by atoms with Crippen LogP contribution in [0, 0.1) is 0 Å². The van der Waals surface area contributed by atoms with Crippen molar-refractivity contribution < 1.29 is 0 Å². The molecule has 2 aromatic heterocycles. The van der Waals surface area contributed by atoms with E-state index < -0.39 is 0 Å². The summed E-state index contributed by atoms with van der Waals surface area (Å²) < 4.78 is 0. The number of hydrogen-bond donors (Lipinski definition) is 0. The van der Waals surface area contributed by atoms with Crippen LogP contribution in [0.3, 0.4) is 0 Å². The Kier molecular flexibility index (Phi) is 4.79. The van der Waals surface area contributed by atoms with E-state index in [1.807, 2.05) is 11.3 Å². The molecule has 4 aromatic rings. The number of fused-ring (bicyclic) bond motifs is 3. The van der Waals surface area contributed by atoms with E-state index in [4.69, 9.17) is 4.98 Å². The van der Waals surface area contributed by atoms with E-state index in [2.05, 4.69) is 70.5 Å². The van der Waals surface area contributed by atoms with Crippen LogP contribution < -0.4 is 4.90 Å². The summed E-state index contributed by atoms with van der Waals surface area (Å²) in [5, 5.41) is 1.29. The largest absolute Gasteiger partial charge is 0.347 e. The maximum atomic E-state index is 4.80. The predicted molar refractivity (Wildman–Crippen MR) is 117 cm³/mol. The zero-order chi connectivity index (χ0) is 18.8. The highest BCUT2D eigenvalue weighted by Crippen LogP contribution is 2.39. The Bertz CT molecular complexity index is 1030. The van der Waals surface area contributed by atoms with E-state index in [9.17, 15) is 0 Å². The van der Waals surface area contributed by atoms with Crippen LogP contribution in [-0.4, -0.2) is 9.97 Å². The molecular formula is C24H23N3S. The monoisotopic (exact) mass is 385 g/mol. The van der Waals surface area contributed by atoms with E-state index in [1.165, 1.54) is 46.2 Å². The van der Waals surface area contributed by atoms with Gasteiger partial charge >= 0.3 is 0 Å². The lowest BCUT2D eigenvalue weighted by atomic mass is 9.97. The van der Waals surface area contributed by atoms with Gasteiger partial charge in [0, 0.05) is 18.0 Å². The lowest BCUT2D eigenvalue weighted by Gasteiger charge is -2.25. The zero-order valence-corrected chi connectivity index (χ0v) is 16.7. The van der Waals surface area contributed by atoms with Gasteiger partial charge in [-0.25, -0.2) is 9.97 Å². The van der Waals surface area contributed by atoms with Crippen LogP contribution in [-0.2, 0) is 25.9 Å². The number of benzene rings is 2. The third-order valence-electron chi connectivity index (χ3n) is 5.46. The van der Waals surface area contributed by atoms with Gasteiger partial charge in [-0.3, -0.25) is 0 Å². The molecule has 0 N–H and O–H groups in total. The van der Waals surface area contributed by atoms with Gasteiger partial charge in [-0.1, -0.05) is 60.7 Å². The van der Waals surface area contributed by atoms with Gasteiger partial charge in [0.15, 0.2) is 0 Å². The van der Waals surface area contributed by atoms with Crippen molar-refractivity contribution in [3.63, 3.8) is 0 Å². The van der Waals surface area contributed by atoms with E-state index in [1.54, 1.807) is 6.33 Å². The predicted octanol–water partition coefficient (Wildman–Crippen LogP) is 5.78. The summed E-state index contributed by atoms with van der Waals surface area (Å²) >= 11 is 1.87. The van der Waals surface area contributed by atoms with E-state index in [0.717, 1.165) is 30.2 Å². The molecule has 3 nitrogen and oxygen atoms in total. The Balaban J connectivity index is 1.61. The molecule has 0 atom stereocenters. The number of rotatable bonds is 5. The summed E-state index contributed by atoms with van der Waals surface area (Å²) in [5.41, 5.74) is 4.09. The van der Waals surface area contributed by atoms with Gasteiger partial charge in [-0.2, -0.15) is 0 Å². The smallest absolute Gasteiger partial charge is 0.141 e. The molecule has 0 saturated carbocycles. The molecule has 0 saturated heterocycles. The first kappa shape index (κ1) is 17.4. The van der Waals surface area contributed by atoms with Crippen molar-refractivity contribution in [2.75, 3.05) is 4.90 Å². The lowest BCUT2D eigenvalue weighted by Crippen LogP contribution is -2.23. The molecule has 0 unspecified atom stereocenters.